The number of amides is 1. The molecule has 1 aliphatic rings. The second-order valence-corrected chi connectivity index (χ2v) is 5.94. The van der Waals surface area contributed by atoms with Crippen LogP contribution in [-0.2, 0) is 14.3 Å². The van der Waals surface area contributed by atoms with Crippen molar-refractivity contribution >= 4 is 29.5 Å². The van der Waals surface area contributed by atoms with Crippen molar-refractivity contribution < 1.29 is 19.1 Å². The Bertz CT molecular complexity index is 810. The van der Waals surface area contributed by atoms with Crippen LogP contribution in [0.5, 0.6) is 0 Å². The minimum absolute atomic E-state index is 0.257. The Balaban J connectivity index is 1.55. The van der Waals surface area contributed by atoms with E-state index in [1.54, 1.807) is 36.5 Å². The highest BCUT2D eigenvalue weighted by Gasteiger charge is 2.12. The molecule has 1 aromatic heterocycles. The first-order chi connectivity index (χ1) is 13.2. The van der Waals surface area contributed by atoms with Gasteiger partial charge < -0.3 is 19.7 Å². The summed E-state index contributed by atoms with van der Waals surface area (Å²) in [5, 5.41) is 2.78. The average molecular weight is 367 g/mol. The summed E-state index contributed by atoms with van der Waals surface area (Å²) < 4.78 is 9.98. The number of ether oxygens (including phenoxy) is 2. The fourth-order valence-electron chi connectivity index (χ4n) is 2.64. The topological polar surface area (TPSA) is 80.8 Å². The van der Waals surface area contributed by atoms with Crippen LogP contribution in [0.1, 0.15) is 15.9 Å². The van der Waals surface area contributed by atoms with Crippen LogP contribution < -0.4 is 10.2 Å². The standard InChI is InChI=1S/C20H21N3O4/c1-26-20(25)16-5-2-15(3-6-16)4-9-19(24)22-17-7-8-18(21-14-17)23-10-12-27-13-11-23/h2-9,14H,10-13H2,1H3,(H,22,24)/b9-4+. The number of hydrogen-bond acceptors (Lipinski definition) is 6. The van der Waals surface area contributed by atoms with Crippen molar-refractivity contribution in [2.75, 3.05) is 43.6 Å². The van der Waals surface area contributed by atoms with Crippen LogP contribution in [0.15, 0.2) is 48.7 Å². The third kappa shape index (κ3) is 5.15. The van der Waals surface area contributed by atoms with Crippen LogP contribution >= 0.6 is 0 Å². The number of nitrogens with one attached hydrogen (secondary N) is 1. The van der Waals surface area contributed by atoms with E-state index in [0.29, 0.717) is 24.5 Å². The molecule has 2 aromatic rings. The van der Waals surface area contributed by atoms with Gasteiger partial charge in [-0.15, -0.1) is 0 Å². The number of morpholine rings is 1. The van der Waals surface area contributed by atoms with Gasteiger partial charge in [-0.2, -0.15) is 0 Å². The molecular weight excluding hydrogens is 346 g/mol. The lowest BCUT2D eigenvalue weighted by Gasteiger charge is -2.27. The van der Waals surface area contributed by atoms with E-state index in [1.165, 1.54) is 13.2 Å². The van der Waals surface area contributed by atoms with E-state index in [9.17, 15) is 9.59 Å². The van der Waals surface area contributed by atoms with Gasteiger partial charge in [0.1, 0.15) is 5.82 Å². The van der Waals surface area contributed by atoms with Crippen LogP contribution in [-0.4, -0.2) is 50.3 Å². The monoisotopic (exact) mass is 367 g/mol. The fraction of sp³-hybridized carbons (Fsp3) is 0.250. The van der Waals surface area contributed by atoms with E-state index in [4.69, 9.17) is 4.74 Å². The molecule has 3 rings (SSSR count). The minimum Gasteiger partial charge on any atom is -0.465 e. The smallest absolute Gasteiger partial charge is 0.337 e. The van der Waals surface area contributed by atoms with E-state index in [2.05, 4.69) is 19.9 Å². The summed E-state index contributed by atoms with van der Waals surface area (Å²) in [6.07, 6.45) is 4.75. The van der Waals surface area contributed by atoms with Crippen molar-refractivity contribution in [1.29, 1.82) is 0 Å². The molecule has 1 saturated heterocycles. The zero-order valence-corrected chi connectivity index (χ0v) is 15.1. The number of hydrogen-bond donors (Lipinski definition) is 1. The molecule has 1 aliphatic heterocycles. The van der Waals surface area contributed by atoms with Crippen molar-refractivity contribution in [1.82, 2.24) is 4.98 Å². The van der Waals surface area contributed by atoms with Gasteiger partial charge in [-0.25, -0.2) is 9.78 Å². The molecule has 0 radical (unpaired) electrons. The normalized spacial score (nSPS) is 14.2. The van der Waals surface area contributed by atoms with Crippen molar-refractivity contribution in [2.24, 2.45) is 0 Å². The SMILES string of the molecule is COC(=O)c1ccc(/C=C/C(=O)Nc2ccc(N3CCOCC3)nc2)cc1. The summed E-state index contributed by atoms with van der Waals surface area (Å²) >= 11 is 0. The van der Waals surface area contributed by atoms with Crippen LogP contribution in [0.4, 0.5) is 11.5 Å². The molecule has 0 aliphatic carbocycles. The van der Waals surface area contributed by atoms with Gasteiger partial charge in [-0.3, -0.25) is 4.79 Å². The van der Waals surface area contributed by atoms with Crippen molar-refractivity contribution in [2.45, 2.75) is 0 Å². The molecule has 1 N–H and O–H groups in total. The predicted molar refractivity (Wildman–Crippen MR) is 103 cm³/mol. The molecule has 1 aromatic carbocycles. The van der Waals surface area contributed by atoms with Gasteiger partial charge in [0, 0.05) is 19.2 Å². The van der Waals surface area contributed by atoms with E-state index < -0.39 is 5.97 Å². The van der Waals surface area contributed by atoms with Crippen molar-refractivity contribution in [3.63, 3.8) is 0 Å². The number of anilines is 2. The van der Waals surface area contributed by atoms with Gasteiger partial charge >= 0.3 is 5.97 Å². The maximum atomic E-state index is 12.1. The lowest BCUT2D eigenvalue weighted by molar-refractivity contribution is -0.111. The minimum atomic E-state index is -0.392. The Morgan fingerprint density at radius 2 is 1.89 bits per heavy atom. The predicted octanol–water partition coefficient (Wildman–Crippen LogP) is 2.36. The fourth-order valence-corrected chi connectivity index (χ4v) is 2.64. The zero-order valence-electron chi connectivity index (χ0n) is 15.1. The maximum absolute atomic E-state index is 12.1. The van der Waals surface area contributed by atoms with Gasteiger partial charge in [0.25, 0.3) is 0 Å². The Labute approximate surface area is 157 Å². The molecule has 27 heavy (non-hydrogen) atoms. The number of pyridine rings is 1. The molecule has 0 spiro atoms. The van der Waals surface area contributed by atoms with Crippen molar-refractivity contribution in [3.05, 3.63) is 59.8 Å². The molecule has 2 heterocycles. The number of aromatic nitrogens is 1. The van der Waals surface area contributed by atoms with Crippen LogP contribution in [0, 0.1) is 0 Å². The number of carbonyl (C=O) groups is 2. The second-order valence-electron chi connectivity index (χ2n) is 5.94. The summed E-state index contributed by atoms with van der Waals surface area (Å²) in [7, 11) is 1.34. The lowest BCUT2D eigenvalue weighted by atomic mass is 10.1. The third-order valence-electron chi connectivity index (χ3n) is 4.11. The number of methoxy groups -OCH3 is 1. The Kier molecular flexibility index (Phi) is 6.17. The first kappa shape index (κ1) is 18.6. The van der Waals surface area contributed by atoms with Crippen molar-refractivity contribution in [3.8, 4) is 0 Å². The number of rotatable bonds is 5. The Morgan fingerprint density at radius 3 is 2.52 bits per heavy atom. The van der Waals surface area contributed by atoms with Crippen LogP contribution in [0.2, 0.25) is 0 Å². The Morgan fingerprint density at radius 1 is 1.15 bits per heavy atom. The molecule has 140 valence electrons. The molecule has 7 nitrogen and oxygen atoms in total. The molecule has 1 amide bonds. The van der Waals surface area contributed by atoms with E-state index in [-0.39, 0.29) is 5.91 Å². The van der Waals surface area contributed by atoms with Gasteiger partial charge in [-0.05, 0) is 35.9 Å². The first-order valence-electron chi connectivity index (χ1n) is 8.62. The second kappa shape index (κ2) is 8.95. The number of esters is 1. The molecule has 0 unspecified atom stereocenters. The zero-order chi connectivity index (χ0) is 19.1. The van der Waals surface area contributed by atoms with Crippen LogP contribution in [0.25, 0.3) is 6.08 Å². The Hall–Kier alpha value is -3.19. The van der Waals surface area contributed by atoms with Gasteiger partial charge in [0.15, 0.2) is 0 Å². The molecule has 0 atom stereocenters. The van der Waals surface area contributed by atoms with Gasteiger partial charge in [0.05, 0.1) is 37.8 Å². The maximum Gasteiger partial charge on any atom is 0.337 e. The lowest BCUT2D eigenvalue weighted by Crippen LogP contribution is -2.36. The molecule has 0 saturated carbocycles. The summed E-state index contributed by atoms with van der Waals surface area (Å²) in [6.45, 7) is 3.03. The van der Waals surface area contributed by atoms with E-state index in [1.807, 2.05) is 12.1 Å². The van der Waals surface area contributed by atoms with E-state index >= 15 is 0 Å². The summed E-state index contributed by atoms with van der Waals surface area (Å²) in [5.41, 5.74) is 1.90. The quantitative estimate of drug-likeness (QED) is 0.645. The average Bonchev–Trinajstić information content (AvgIpc) is 2.73. The third-order valence-corrected chi connectivity index (χ3v) is 4.11. The number of benzene rings is 1. The molecule has 7 heteroatoms. The number of carbonyl (C=O) groups excluding carboxylic acids is 2. The highest BCUT2D eigenvalue weighted by Crippen LogP contribution is 2.15. The first-order valence-corrected chi connectivity index (χ1v) is 8.62. The molecule has 1 fully saturated rings. The summed E-state index contributed by atoms with van der Waals surface area (Å²) in [4.78, 5) is 30.0. The highest BCUT2D eigenvalue weighted by atomic mass is 16.5. The summed E-state index contributed by atoms with van der Waals surface area (Å²) in [5.74, 6) is 0.224. The molecule has 0 bridgehead atoms. The van der Waals surface area contributed by atoms with Crippen LogP contribution in [0.3, 0.4) is 0 Å². The highest BCUT2D eigenvalue weighted by molar-refractivity contribution is 6.02. The van der Waals surface area contributed by atoms with Gasteiger partial charge in [-0.1, -0.05) is 12.1 Å². The van der Waals surface area contributed by atoms with E-state index in [0.717, 1.165) is 24.5 Å². The molecular formula is C20H21N3O4. The number of nitrogens with zero attached hydrogens (tertiary/aromatic N) is 2. The largest absolute Gasteiger partial charge is 0.465 e. The van der Waals surface area contributed by atoms with Gasteiger partial charge in [0.2, 0.25) is 5.91 Å². The summed E-state index contributed by atoms with van der Waals surface area (Å²) in [6, 6.07) is 10.5.